The fraction of sp³-hybridized carbons (Fsp3) is 0.636. The fourth-order valence-electron chi connectivity index (χ4n) is 1.94. The minimum absolute atomic E-state index is 0.00130. The van der Waals surface area contributed by atoms with E-state index in [4.69, 9.17) is 5.11 Å². The summed E-state index contributed by atoms with van der Waals surface area (Å²) in [5.41, 5.74) is 0. The summed E-state index contributed by atoms with van der Waals surface area (Å²) in [5, 5.41) is 11.4. The van der Waals surface area contributed by atoms with Gasteiger partial charge in [0.2, 0.25) is 5.91 Å². The lowest BCUT2D eigenvalue weighted by atomic mass is 10.2. The molecular formula is C11H18N2O5S. The number of sulfone groups is 1. The number of aliphatic carboxylic acids is 1. The standard InChI is InChI=1S/C11H18N2O5S/c1-2-3-12-10(14)7-13-4-5-19(17,18)8-9(13)6-11(15)16/h2,9H,1,3-8H2,(H,12,14)(H,15,16). The first-order valence-corrected chi connectivity index (χ1v) is 7.70. The van der Waals surface area contributed by atoms with E-state index in [0.717, 1.165) is 0 Å². The number of rotatable bonds is 6. The maximum absolute atomic E-state index is 11.6. The molecule has 0 aromatic heterocycles. The smallest absolute Gasteiger partial charge is 0.304 e. The third-order valence-electron chi connectivity index (χ3n) is 2.85. The van der Waals surface area contributed by atoms with Gasteiger partial charge in [0.25, 0.3) is 0 Å². The van der Waals surface area contributed by atoms with Crippen molar-refractivity contribution in [1.29, 1.82) is 0 Å². The van der Waals surface area contributed by atoms with Gasteiger partial charge in [-0.05, 0) is 0 Å². The number of nitrogens with zero attached hydrogens (tertiary/aromatic N) is 1. The zero-order chi connectivity index (χ0) is 14.5. The van der Waals surface area contributed by atoms with Gasteiger partial charge in [0.1, 0.15) is 0 Å². The second kappa shape index (κ2) is 6.67. The first-order chi connectivity index (χ1) is 8.84. The first kappa shape index (κ1) is 15.6. The first-order valence-electron chi connectivity index (χ1n) is 5.88. The zero-order valence-corrected chi connectivity index (χ0v) is 11.4. The van der Waals surface area contributed by atoms with Gasteiger partial charge >= 0.3 is 5.97 Å². The van der Waals surface area contributed by atoms with Crippen molar-refractivity contribution in [3.05, 3.63) is 12.7 Å². The van der Waals surface area contributed by atoms with E-state index >= 15 is 0 Å². The maximum atomic E-state index is 11.6. The van der Waals surface area contributed by atoms with Gasteiger partial charge in [-0.15, -0.1) is 6.58 Å². The second-order valence-corrected chi connectivity index (χ2v) is 6.66. The topological polar surface area (TPSA) is 104 Å². The second-order valence-electron chi connectivity index (χ2n) is 4.43. The number of hydrogen-bond acceptors (Lipinski definition) is 5. The Balaban J connectivity index is 2.65. The highest BCUT2D eigenvalue weighted by molar-refractivity contribution is 7.91. The monoisotopic (exact) mass is 290 g/mol. The fourth-order valence-corrected chi connectivity index (χ4v) is 3.54. The highest BCUT2D eigenvalue weighted by Crippen LogP contribution is 2.14. The molecule has 1 aliphatic heterocycles. The molecule has 1 heterocycles. The number of amides is 1. The van der Waals surface area contributed by atoms with Crippen molar-refractivity contribution in [2.24, 2.45) is 0 Å². The van der Waals surface area contributed by atoms with Crippen LogP contribution in [0.15, 0.2) is 12.7 Å². The number of carboxylic acid groups (broad SMARTS) is 1. The molecule has 0 saturated carbocycles. The summed E-state index contributed by atoms with van der Waals surface area (Å²) < 4.78 is 23.0. The number of carbonyl (C=O) groups is 2. The Bertz CT molecular complexity index is 460. The molecular weight excluding hydrogens is 272 g/mol. The molecule has 0 spiro atoms. The molecule has 1 unspecified atom stereocenters. The minimum Gasteiger partial charge on any atom is -0.481 e. The SMILES string of the molecule is C=CCNC(=O)CN1CCS(=O)(=O)CC1CC(=O)O. The maximum Gasteiger partial charge on any atom is 0.304 e. The summed E-state index contributed by atoms with van der Waals surface area (Å²) in [5.74, 6) is -1.60. The molecule has 0 aromatic rings. The van der Waals surface area contributed by atoms with Crippen LogP contribution >= 0.6 is 0 Å². The molecule has 0 radical (unpaired) electrons. The molecule has 0 aliphatic carbocycles. The molecule has 1 atom stereocenters. The molecule has 19 heavy (non-hydrogen) atoms. The van der Waals surface area contributed by atoms with E-state index in [2.05, 4.69) is 11.9 Å². The van der Waals surface area contributed by atoms with Gasteiger partial charge in [0.15, 0.2) is 9.84 Å². The third-order valence-corrected chi connectivity index (χ3v) is 4.55. The number of carboxylic acids is 1. The van der Waals surface area contributed by atoms with Gasteiger partial charge in [-0.1, -0.05) is 6.08 Å². The van der Waals surface area contributed by atoms with Crippen molar-refractivity contribution in [2.75, 3.05) is 31.1 Å². The Hall–Kier alpha value is -1.41. The number of carbonyl (C=O) groups excluding carboxylic acids is 1. The summed E-state index contributed by atoms with van der Waals surface area (Å²) in [7, 11) is -3.22. The average molecular weight is 290 g/mol. The summed E-state index contributed by atoms with van der Waals surface area (Å²) in [6.45, 7) is 3.98. The van der Waals surface area contributed by atoms with Gasteiger partial charge in [0, 0.05) is 19.1 Å². The van der Waals surface area contributed by atoms with Gasteiger partial charge < -0.3 is 10.4 Å². The van der Waals surface area contributed by atoms with Crippen LogP contribution in [0.5, 0.6) is 0 Å². The van der Waals surface area contributed by atoms with E-state index in [-0.39, 0.29) is 36.9 Å². The Morgan fingerprint density at radius 3 is 2.74 bits per heavy atom. The van der Waals surface area contributed by atoms with Crippen LogP contribution in [0.4, 0.5) is 0 Å². The van der Waals surface area contributed by atoms with Crippen molar-refractivity contribution in [3.63, 3.8) is 0 Å². The van der Waals surface area contributed by atoms with Crippen LogP contribution in [-0.2, 0) is 19.4 Å². The Labute approximate surface area is 112 Å². The predicted octanol–water partition coefficient (Wildman–Crippen LogP) is -1.14. The van der Waals surface area contributed by atoms with Crippen LogP contribution in [0.3, 0.4) is 0 Å². The number of nitrogens with one attached hydrogen (secondary N) is 1. The molecule has 7 nitrogen and oxygen atoms in total. The van der Waals surface area contributed by atoms with E-state index in [1.165, 1.54) is 6.08 Å². The highest BCUT2D eigenvalue weighted by atomic mass is 32.2. The Kier molecular flexibility index (Phi) is 5.49. The lowest BCUT2D eigenvalue weighted by Crippen LogP contribution is -2.52. The molecule has 108 valence electrons. The van der Waals surface area contributed by atoms with Crippen molar-refractivity contribution < 1.29 is 23.1 Å². The Morgan fingerprint density at radius 1 is 1.47 bits per heavy atom. The molecule has 0 bridgehead atoms. The zero-order valence-electron chi connectivity index (χ0n) is 10.5. The molecule has 1 saturated heterocycles. The van der Waals surface area contributed by atoms with E-state index in [1.54, 1.807) is 4.90 Å². The largest absolute Gasteiger partial charge is 0.481 e. The van der Waals surface area contributed by atoms with Gasteiger partial charge in [-0.25, -0.2) is 8.42 Å². The van der Waals surface area contributed by atoms with E-state index in [1.807, 2.05) is 0 Å². The van der Waals surface area contributed by atoms with Crippen LogP contribution < -0.4 is 5.32 Å². The lowest BCUT2D eigenvalue weighted by Gasteiger charge is -2.33. The lowest BCUT2D eigenvalue weighted by molar-refractivity contribution is -0.138. The summed E-state index contributed by atoms with van der Waals surface area (Å²) in [6, 6.07) is -0.647. The average Bonchev–Trinajstić information content (AvgIpc) is 2.29. The van der Waals surface area contributed by atoms with E-state index in [9.17, 15) is 18.0 Å². The molecule has 8 heteroatoms. The van der Waals surface area contributed by atoms with Crippen LogP contribution in [0.2, 0.25) is 0 Å². The van der Waals surface area contributed by atoms with Crippen LogP contribution in [0.1, 0.15) is 6.42 Å². The van der Waals surface area contributed by atoms with Crippen molar-refractivity contribution in [2.45, 2.75) is 12.5 Å². The molecule has 1 fully saturated rings. The molecule has 0 aromatic carbocycles. The van der Waals surface area contributed by atoms with E-state index < -0.39 is 21.8 Å². The minimum atomic E-state index is -3.22. The molecule has 1 rings (SSSR count). The molecule has 2 N–H and O–H groups in total. The summed E-state index contributed by atoms with van der Waals surface area (Å²) in [6.07, 6.45) is 1.25. The van der Waals surface area contributed by atoms with Gasteiger partial charge in [0.05, 0.1) is 24.5 Å². The quantitative estimate of drug-likeness (QED) is 0.599. The van der Waals surface area contributed by atoms with Crippen molar-refractivity contribution in [1.82, 2.24) is 10.2 Å². The van der Waals surface area contributed by atoms with E-state index in [0.29, 0.717) is 6.54 Å². The van der Waals surface area contributed by atoms with Crippen molar-refractivity contribution in [3.8, 4) is 0 Å². The molecule has 1 aliphatic rings. The normalized spacial score (nSPS) is 22.6. The highest BCUT2D eigenvalue weighted by Gasteiger charge is 2.33. The van der Waals surface area contributed by atoms with Crippen molar-refractivity contribution >= 4 is 21.7 Å². The summed E-state index contributed by atoms with van der Waals surface area (Å²) >= 11 is 0. The summed E-state index contributed by atoms with van der Waals surface area (Å²) in [4.78, 5) is 23.9. The third kappa shape index (κ3) is 5.39. The van der Waals surface area contributed by atoms with Crippen LogP contribution in [-0.4, -0.2) is 67.5 Å². The van der Waals surface area contributed by atoms with Gasteiger partial charge in [-0.3, -0.25) is 14.5 Å². The van der Waals surface area contributed by atoms with Crippen LogP contribution in [0.25, 0.3) is 0 Å². The predicted molar refractivity (Wildman–Crippen MR) is 69.5 cm³/mol. The number of hydrogen-bond donors (Lipinski definition) is 2. The molecule has 1 amide bonds. The van der Waals surface area contributed by atoms with Crippen LogP contribution in [0, 0.1) is 0 Å². The van der Waals surface area contributed by atoms with Gasteiger partial charge in [-0.2, -0.15) is 0 Å². The Morgan fingerprint density at radius 2 is 2.16 bits per heavy atom.